The number of nitrogens with one attached hydrogen (secondary N) is 1. The van der Waals surface area contributed by atoms with Crippen molar-refractivity contribution in [2.45, 2.75) is 19.6 Å². The molecule has 114 valence electrons. The van der Waals surface area contributed by atoms with Crippen LogP contribution in [0.5, 0.6) is 0 Å². The molecule has 1 aromatic heterocycles. The van der Waals surface area contributed by atoms with E-state index in [2.05, 4.69) is 16.8 Å². The zero-order chi connectivity index (χ0) is 15.0. The minimum atomic E-state index is -0.217. The first-order valence-electron chi connectivity index (χ1n) is 7.00. The van der Waals surface area contributed by atoms with Gasteiger partial charge in [0, 0.05) is 19.2 Å². The van der Waals surface area contributed by atoms with Crippen molar-refractivity contribution in [3.05, 3.63) is 26.3 Å². The number of likely N-dealkylation sites (N-methyl/N-ethyl adjacent to an activating group) is 1. The van der Waals surface area contributed by atoms with Crippen LogP contribution in [0.1, 0.15) is 6.92 Å². The molecule has 21 heavy (non-hydrogen) atoms. The van der Waals surface area contributed by atoms with E-state index in [0.717, 1.165) is 37.3 Å². The fourth-order valence-corrected chi connectivity index (χ4v) is 3.46. The van der Waals surface area contributed by atoms with Crippen molar-refractivity contribution in [1.29, 1.82) is 0 Å². The third kappa shape index (κ3) is 3.15. The maximum Gasteiger partial charge on any atom is 0.178 e. The zero-order valence-corrected chi connectivity index (χ0v) is 14.7. The summed E-state index contributed by atoms with van der Waals surface area (Å²) >= 11 is 7.37. The lowest BCUT2D eigenvalue weighted by Crippen LogP contribution is -2.43. The molecular formula is C14H17FIN3OS. The highest BCUT2D eigenvalue weighted by Gasteiger charge is 2.21. The Balaban J connectivity index is 1.91. The highest BCUT2D eigenvalue weighted by molar-refractivity contribution is 14.1. The minimum Gasteiger partial charge on any atom is -0.374 e. The van der Waals surface area contributed by atoms with Crippen LogP contribution in [0.3, 0.4) is 0 Å². The fourth-order valence-electron chi connectivity index (χ4n) is 2.71. The van der Waals surface area contributed by atoms with Crippen molar-refractivity contribution >= 4 is 45.8 Å². The Bertz CT molecular complexity index is 714. The predicted molar refractivity (Wildman–Crippen MR) is 91.7 cm³/mol. The number of rotatable bonds is 3. The number of fused-ring (bicyclic) bond motifs is 1. The first-order valence-corrected chi connectivity index (χ1v) is 8.48. The maximum absolute atomic E-state index is 13.8. The molecule has 1 aromatic carbocycles. The highest BCUT2D eigenvalue weighted by Crippen LogP contribution is 2.21. The van der Waals surface area contributed by atoms with Crippen molar-refractivity contribution in [2.75, 3.05) is 26.2 Å². The molecule has 1 aliphatic rings. The number of hydrogen-bond donors (Lipinski definition) is 1. The Morgan fingerprint density at radius 1 is 1.52 bits per heavy atom. The quantitative estimate of drug-likeness (QED) is 0.611. The van der Waals surface area contributed by atoms with E-state index in [1.54, 1.807) is 12.1 Å². The molecule has 2 aromatic rings. The van der Waals surface area contributed by atoms with Crippen molar-refractivity contribution in [2.24, 2.45) is 0 Å². The van der Waals surface area contributed by atoms with Gasteiger partial charge in [0.2, 0.25) is 0 Å². The molecule has 0 saturated carbocycles. The number of aromatic amines is 1. The Hall–Kier alpha value is -0.510. The van der Waals surface area contributed by atoms with Gasteiger partial charge in [-0.2, -0.15) is 0 Å². The Kier molecular flexibility index (Phi) is 4.63. The molecule has 0 amide bonds. The lowest BCUT2D eigenvalue weighted by atomic mass is 10.2. The van der Waals surface area contributed by atoms with Crippen LogP contribution < -0.4 is 0 Å². The molecule has 1 fully saturated rings. The van der Waals surface area contributed by atoms with Crippen LogP contribution in [0.25, 0.3) is 11.0 Å². The van der Waals surface area contributed by atoms with E-state index in [4.69, 9.17) is 17.0 Å². The molecular weight excluding hydrogens is 404 g/mol. The molecule has 1 aliphatic heterocycles. The average Bonchev–Trinajstić information content (AvgIpc) is 2.76. The van der Waals surface area contributed by atoms with E-state index < -0.39 is 0 Å². The van der Waals surface area contributed by atoms with Gasteiger partial charge in [-0.1, -0.05) is 6.92 Å². The molecule has 7 heteroatoms. The molecule has 1 N–H and O–H groups in total. The van der Waals surface area contributed by atoms with Crippen molar-refractivity contribution in [1.82, 2.24) is 14.5 Å². The summed E-state index contributed by atoms with van der Waals surface area (Å²) in [6.45, 7) is 6.41. The maximum atomic E-state index is 13.8. The van der Waals surface area contributed by atoms with E-state index in [1.807, 2.05) is 27.2 Å². The van der Waals surface area contributed by atoms with Gasteiger partial charge in [-0.15, -0.1) is 0 Å². The second kappa shape index (κ2) is 6.31. The average molecular weight is 421 g/mol. The van der Waals surface area contributed by atoms with Gasteiger partial charge < -0.3 is 14.3 Å². The molecule has 0 aliphatic carbocycles. The highest BCUT2D eigenvalue weighted by atomic mass is 127. The second-order valence-electron chi connectivity index (χ2n) is 5.21. The number of ether oxygens (including phenoxy) is 1. The van der Waals surface area contributed by atoms with Crippen LogP contribution in [0, 0.1) is 14.2 Å². The first kappa shape index (κ1) is 15.4. The third-order valence-corrected chi connectivity index (χ3v) is 5.02. The smallest absolute Gasteiger partial charge is 0.178 e. The van der Waals surface area contributed by atoms with E-state index in [0.29, 0.717) is 14.9 Å². The topological polar surface area (TPSA) is 33.2 Å². The molecule has 3 rings (SSSR count). The number of hydrogen-bond acceptors (Lipinski definition) is 3. The van der Waals surface area contributed by atoms with Crippen LogP contribution in [0.2, 0.25) is 0 Å². The Labute approximate surface area is 141 Å². The summed E-state index contributed by atoms with van der Waals surface area (Å²) < 4.78 is 22.8. The van der Waals surface area contributed by atoms with Gasteiger partial charge in [0.25, 0.3) is 0 Å². The van der Waals surface area contributed by atoms with Gasteiger partial charge in [-0.3, -0.25) is 4.90 Å². The van der Waals surface area contributed by atoms with Gasteiger partial charge in [0.05, 0.1) is 33.9 Å². The van der Waals surface area contributed by atoms with Gasteiger partial charge in [-0.25, -0.2) is 4.39 Å². The lowest BCUT2D eigenvalue weighted by molar-refractivity contribution is -0.0339. The van der Waals surface area contributed by atoms with E-state index in [9.17, 15) is 4.39 Å². The van der Waals surface area contributed by atoms with Crippen molar-refractivity contribution in [3.8, 4) is 0 Å². The largest absolute Gasteiger partial charge is 0.374 e. The lowest BCUT2D eigenvalue weighted by Gasteiger charge is -2.32. The number of halogens is 2. The number of morpholine rings is 1. The normalized spacial score (nSPS) is 20.2. The number of nitrogens with zero attached hydrogens (tertiary/aromatic N) is 2. The molecule has 1 atom stereocenters. The standard InChI is InChI=1S/C14H17FIN3OS/c1-2-18-3-4-20-9(7-18)8-19-13-5-10(15)11(16)6-12(13)17-14(19)21/h5-6,9H,2-4,7-8H2,1H3,(H,17,21). The molecule has 1 unspecified atom stereocenters. The summed E-state index contributed by atoms with van der Waals surface area (Å²) in [5.41, 5.74) is 1.67. The van der Waals surface area contributed by atoms with Crippen LogP contribution in [0.15, 0.2) is 12.1 Å². The second-order valence-corrected chi connectivity index (χ2v) is 6.76. The van der Waals surface area contributed by atoms with Crippen molar-refractivity contribution in [3.63, 3.8) is 0 Å². The summed E-state index contributed by atoms with van der Waals surface area (Å²) in [7, 11) is 0. The van der Waals surface area contributed by atoms with E-state index in [1.165, 1.54) is 0 Å². The molecule has 0 spiro atoms. The minimum absolute atomic E-state index is 0.0896. The van der Waals surface area contributed by atoms with E-state index >= 15 is 0 Å². The van der Waals surface area contributed by atoms with Gasteiger partial charge in [-0.05, 0) is 47.4 Å². The molecule has 0 radical (unpaired) electrons. The molecule has 1 saturated heterocycles. The predicted octanol–water partition coefficient (Wildman–Crippen LogP) is 3.16. The van der Waals surface area contributed by atoms with Gasteiger partial charge >= 0.3 is 0 Å². The third-order valence-electron chi connectivity index (χ3n) is 3.87. The summed E-state index contributed by atoms with van der Waals surface area (Å²) in [6.07, 6.45) is 0.0896. The van der Waals surface area contributed by atoms with Crippen LogP contribution >= 0.6 is 34.8 Å². The summed E-state index contributed by atoms with van der Waals surface area (Å²) in [5, 5.41) is 0. The first-order chi connectivity index (χ1) is 10.1. The van der Waals surface area contributed by atoms with Gasteiger partial charge in [0.15, 0.2) is 4.77 Å². The summed E-state index contributed by atoms with van der Waals surface area (Å²) in [6, 6.07) is 3.33. The van der Waals surface area contributed by atoms with Crippen LogP contribution in [0.4, 0.5) is 4.39 Å². The van der Waals surface area contributed by atoms with Crippen molar-refractivity contribution < 1.29 is 9.13 Å². The molecule has 4 nitrogen and oxygen atoms in total. The number of imidazole rings is 1. The zero-order valence-electron chi connectivity index (χ0n) is 11.7. The fraction of sp³-hybridized carbons (Fsp3) is 0.500. The Morgan fingerprint density at radius 3 is 3.10 bits per heavy atom. The van der Waals surface area contributed by atoms with Crippen LogP contribution in [-0.2, 0) is 11.3 Å². The number of H-pyrrole nitrogens is 1. The van der Waals surface area contributed by atoms with E-state index in [-0.39, 0.29) is 11.9 Å². The number of benzene rings is 1. The SMILES string of the molecule is CCN1CCOC(Cn2c(=S)[nH]c3cc(I)c(F)cc32)C1. The van der Waals surface area contributed by atoms with Crippen LogP contribution in [-0.4, -0.2) is 46.8 Å². The Morgan fingerprint density at radius 2 is 2.33 bits per heavy atom. The molecule has 2 heterocycles. The van der Waals surface area contributed by atoms with Gasteiger partial charge in [0.1, 0.15) is 5.82 Å². The monoisotopic (exact) mass is 421 g/mol. The summed E-state index contributed by atoms with van der Waals surface area (Å²) in [5.74, 6) is -0.217. The summed E-state index contributed by atoms with van der Waals surface area (Å²) in [4.78, 5) is 5.50. The molecule has 0 bridgehead atoms. The number of aromatic nitrogens is 2.